The fourth-order valence-corrected chi connectivity index (χ4v) is 5.01. The van der Waals surface area contributed by atoms with E-state index >= 15 is 0 Å². The summed E-state index contributed by atoms with van der Waals surface area (Å²) < 4.78 is 28.5. The van der Waals surface area contributed by atoms with Gasteiger partial charge < -0.3 is 5.32 Å². The molecule has 2 heterocycles. The molecule has 9 nitrogen and oxygen atoms in total. The third-order valence-corrected chi connectivity index (χ3v) is 7.03. The zero-order chi connectivity index (χ0) is 21.1. The third kappa shape index (κ3) is 4.10. The maximum Gasteiger partial charge on any atom is 0.255 e. The van der Waals surface area contributed by atoms with Crippen LogP contribution in [0.15, 0.2) is 53.7 Å². The normalized spacial score (nSPS) is 15.1. The first-order chi connectivity index (χ1) is 14.4. The van der Waals surface area contributed by atoms with E-state index in [1.54, 1.807) is 30.3 Å². The fourth-order valence-electron chi connectivity index (χ4n) is 3.49. The van der Waals surface area contributed by atoms with Crippen molar-refractivity contribution < 1.29 is 13.2 Å². The number of tetrazole rings is 1. The maximum absolute atomic E-state index is 12.7. The van der Waals surface area contributed by atoms with Crippen molar-refractivity contribution in [3.63, 3.8) is 0 Å². The SMILES string of the molecule is Cc1cc(C(=O)Nc2ccc(S(=O)(=O)N3CCCCC3)cc2)ccc1-n1cnnn1. The topological polar surface area (TPSA) is 110 Å². The number of sulfonamides is 1. The van der Waals surface area contributed by atoms with Gasteiger partial charge in [-0.1, -0.05) is 6.42 Å². The monoisotopic (exact) mass is 426 g/mol. The summed E-state index contributed by atoms with van der Waals surface area (Å²) in [5.74, 6) is -0.284. The minimum absolute atomic E-state index is 0.240. The van der Waals surface area contributed by atoms with E-state index < -0.39 is 10.0 Å². The van der Waals surface area contributed by atoms with Gasteiger partial charge in [0.1, 0.15) is 6.33 Å². The molecular formula is C20H22N6O3S. The van der Waals surface area contributed by atoms with E-state index in [4.69, 9.17) is 0 Å². The van der Waals surface area contributed by atoms with Gasteiger partial charge in [0.05, 0.1) is 10.6 Å². The van der Waals surface area contributed by atoms with Gasteiger partial charge in [0.25, 0.3) is 5.91 Å². The molecule has 3 aromatic rings. The van der Waals surface area contributed by atoms with E-state index in [0.717, 1.165) is 30.5 Å². The third-order valence-electron chi connectivity index (χ3n) is 5.12. The van der Waals surface area contributed by atoms with E-state index in [1.165, 1.54) is 27.4 Å². The number of aromatic nitrogens is 4. The van der Waals surface area contributed by atoms with E-state index in [9.17, 15) is 13.2 Å². The standard InChI is InChI=1S/C20H22N6O3S/c1-15-13-16(5-10-19(15)26-14-21-23-24-26)20(27)22-17-6-8-18(9-7-17)30(28,29)25-11-3-2-4-12-25/h5-10,13-14H,2-4,11-12H2,1H3,(H,22,27). The summed E-state index contributed by atoms with van der Waals surface area (Å²) in [5, 5.41) is 13.9. The van der Waals surface area contributed by atoms with Gasteiger partial charge in [0, 0.05) is 24.3 Å². The maximum atomic E-state index is 12.7. The molecule has 30 heavy (non-hydrogen) atoms. The van der Waals surface area contributed by atoms with Crippen molar-refractivity contribution in [1.82, 2.24) is 24.5 Å². The Bertz CT molecular complexity index is 1140. The van der Waals surface area contributed by atoms with Crippen LogP contribution >= 0.6 is 0 Å². The van der Waals surface area contributed by atoms with Gasteiger partial charge in [-0.15, -0.1) is 5.10 Å². The highest BCUT2D eigenvalue weighted by atomic mass is 32.2. The number of anilines is 1. The number of hydrogen-bond acceptors (Lipinski definition) is 6. The molecule has 0 bridgehead atoms. The van der Waals surface area contributed by atoms with Crippen molar-refractivity contribution >= 4 is 21.6 Å². The molecule has 1 fully saturated rings. The van der Waals surface area contributed by atoms with Gasteiger partial charge >= 0.3 is 0 Å². The van der Waals surface area contributed by atoms with Gasteiger partial charge in [0.2, 0.25) is 10.0 Å². The largest absolute Gasteiger partial charge is 0.322 e. The van der Waals surface area contributed by atoms with Crippen LogP contribution in [0.2, 0.25) is 0 Å². The lowest BCUT2D eigenvalue weighted by atomic mass is 10.1. The Balaban J connectivity index is 1.47. The zero-order valence-corrected chi connectivity index (χ0v) is 17.3. The Morgan fingerprint density at radius 1 is 1.03 bits per heavy atom. The zero-order valence-electron chi connectivity index (χ0n) is 16.5. The van der Waals surface area contributed by atoms with Crippen LogP contribution in [-0.4, -0.2) is 51.9 Å². The van der Waals surface area contributed by atoms with E-state index in [-0.39, 0.29) is 10.8 Å². The van der Waals surface area contributed by atoms with Crippen LogP contribution < -0.4 is 5.32 Å². The minimum Gasteiger partial charge on any atom is -0.322 e. The Hall–Kier alpha value is -3.11. The van der Waals surface area contributed by atoms with E-state index in [0.29, 0.717) is 24.3 Å². The molecular weight excluding hydrogens is 404 g/mol. The van der Waals surface area contributed by atoms with Crippen molar-refractivity contribution in [2.75, 3.05) is 18.4 Å². The van der Waals surface area contributed by atoms with Gasteiger partial charge in [0.15, 0.2) is 0 Å². The summed E-state index contributed by atoms with van der Waals surface area (Å²) in [7, 11) is -3.49. The highest BCUT2D eigenvalue weighted by molar-refractivity contribution is 7.89. The summed E-state index contributed by atoms with van der Waals surface area (Å²) >= 11 is 0. The summed E-state index contributed by atoms with van der Waals surface area (Å²) in [5.41, 5.74) is 2.64. The second kappa shape index (κ2) is 8.33. The summed E-state index contributed by atoms with van der Waals surface area (Å²) in [6.45, 7) is 2.98. The van der Waals surface area contributed by atoms with Crippen LogP contribution in [0.1, 0.15) is 35.2 Å². The first-order valence-corrected chi connectivity index (χ1v) is 11.1. The van der Waals surface area contributed by atoms with Crippen LogP contribution in [0.4, 0.5) is 5.69 Å². The number of hydrogen-bond donors (Lipinski definition) is 1. The molecule has 0 aliphatic carbocycles. The first kappa shape index (κ1) is 20.2. The summed E-state index contributed by atoms with van der Waals surface area (Å²) in [6.07, 6.45) is 4.33. The predicted molar refractivity (Wildman–Crippen MR) is 111 cm³/mol. The molecule has 0 spiro atoms. The van der Waals surface area contributed by atoms with Crippen LogP contribution in [0.5, 0.6) is 0 Å². The number of nitrogens with zero attached hydrogens (tertiary/aromatic N) is 5. The van der Waals surface area contributed by atoms with Crippen molar-refractivity contribution in [1.29, 1.82) is 0 Å². The van der Waals surface area contributed by atoms with Crippen LogP contribution in [0.3, 0.4) is 0 Å². The van der Waals surface area contributed by atoms with E-state index in [1.807, 2.05) is 6.92 Å². The van der Waals surface area contributed by atoms with Gasteiger partial charge in [-0.2, -0.15) is 4.31 Å². The second-order valence-electron chi connectivity index (χ2n) is 7.20. The molecule has 1 amide bonds. The summed E-state index contributed by atoms with van der Waals surface area (Å²) in [4.78, 5) is 12.8. The number of rotatable bonds is 5. The van der Waals surface area contributed by atoms with Crippen LogP contribution in [-0.2, 0) is 10.0 Å². The van der Waals surface area contributed by atoms with Crippen LogP contribution in [0.25, 0.3) is 5.69 Å². The highest BCUT2D eigenvalue weighted by Crippen LogP contribution is 2.22. The van der Waals surface area contributed by atoms with Crippen molar-refractivity contribution in [2.45, 2.75) is 31.1 Å². The van der Waals surface area contributed by atoms with Crippen LogP contribution in [0, 0.1) is 6.92 Å². The number of carbonyl (C=O) groups is 1. The van der Waals surface area contributed by atoms with Crippen molar-refractivity contribution in [2.24, 2.45) is 0 Å². The highest BCUT2D eigenvalue weighted by Gasteiger charge is 2.25. The molecule has 156 valence electrons. The minimum atomic E-state index is -3.49. The molecule has 10 heteroatoms. The number of carbonyl (C=O) groups excluding carboxylic acids is 1. The number of benzene rings is 2. The molecule has 2 aromatic carbocycles. The molecule has 1 aromatic heterocycles. The lowest BCUT2D eigenvalue weighted by Crippen LogP contribution is -2.35. The number of amides is 1. The molecule has 0 radical (unpaired) electrons. The molecule has 0 saturated carbocycles. The van der Waals surface area contributed by atoms with Crippen molar-refractivity contribution in [3.8, 4) is 5.69 Å². The van der Waals surface area contributed by atoms with E-state index in [2.05, 4.69) is 20.8 Å². The second-order valence-corrected chi connectivity index (χ2v) is 9.14. The molecule has 1 aliphatic heterocycles. The lowest BCUT2D eigenvalue weighted by Gasteiger charge is -2.25. The first-order valence-electron chi connectivity index (χ1n) is 9.71. The van der Waals surface area contributed by atoms with Gasteiger partial charge in [-0.3, -0.25) is 4.79 Å². The predicted octanol–water partition coefficient (Wildman–Crippen LogP) is 2.40. The molecule has 1 N–H and O–H groups in total. The quantitative estimate of drug-likeness (QED) is 0.671. The molecule has 0 unspecified atom stereocenters. The Kier molecular flexibility index (Phi) is 5.60. The molecule has 1 aliphatic rings. The Morgan fingerprint density at radius 3 is 2.40 bits per heavy atom. The van der Waals surface area contributed by atoms with Gasteiger partial charge in [-0.05, 0) is 78.2 Å². The Morgan fingerprint density at radius 2 is 1.77 bits per heavy atom. The molecule has 4 rings (SSSR count). The van der Waals surface area contributed by atoms with Gasteiger partial charge in [-0.25, -0.2) is 13.1 Å². The average molecular weight is 427 g/mol. The Labute approximate surface area is 174 Å². The molecule has 0 atom stereocenters. The number of piperidine rings is 1. The number of aryl methyl sites for hydroxylation is 1. The van der Waals surface area contributed by atoms with Crippen molar-refractivity contribution in [3.05, 3.63) is 59.9 Å². The average Bonchev–Trinajstić information content (AvgIpc) is 3.29. The summed E-state index contributed by atoms with van der Waals surface area (Å²) in [6, 6.07) is 11.5. The lowest BCUT2D eigenvalue weighted by molar-refractivity contribution is 0.102. The fraction of sp³-hybridized carbons (Fsp3) is 0.300. The molecule has 1 saturated heterocycles. The number of nitrogens with one attached hydrogen (secondary N) is 1. The smallest absolute Gasteiger partial charge is 0.255 e.